The Balaban J connectivity index is 0.00000256. The molecule has 162 valence electrons. The van der Waals surface area contributed by atoms with Crippen LogP contribution in [-0.4, -0.2) is 57.8 Å². The van der Waals surface area contributed by atoms with Gasteiger partial charge in [-0.25, -0.2) is 9.07 Å². The van der Waals surface area contributed by atoms with Crippen LogP contribution in [0, 0.1) is 18.7 Å². The van der Waals surface area contributed by atoms with Crippen molar-refractivity contribution in [1.82, 2.24) is 25.2 Å². The average Bonchev–Trinajstić information content (AvgIpc) is 3.15. The number of carbonyl (C=O) groups excluding carboxylic acids is 2. The number of nitrogens with zero attached hydrogens (tertiary/aromatic N) is 4. The largest absolute Gasteiger partial charge is 0.336 e. The van der Waals surface area contributed by atoms with Gasteiger partial charge >= 0.3 is 0 Å². The molecule has 0 radical (unpaired) electrons. The molecule has 1 atom stereocenters. The van der Waals surface area contributed by atoms with E-state index in [1.807, 2.05) is 11.6 Å². The average molecular weight is 436 g/mol. The van der Waals surface area contributed by atoms with Gasteiger partial charge in [0.2, 0.25) is 0 Å². The summed E-state index contributed by atoms with van der Waals surface area (Å²) in [6, 6.07) is 5.86. The second-order valence-corrected chi connectivity index (χ2v) is 7.91. The molecule has 30 heavy (non-hydrogen) atoms. The molecule has 3 heterocycles. The van der Waals surface area contributed by atoms with Crippen LogP contribution in [0.15, 0.2) is 24.3 Å². The quantitative estimate of drug-likeness (QED) is 0.747. The number of aromatic nitrogens is 3. The Hall–Kier alpha value is -2.32. The van der Waals surface area contributed by atoms with Gasteiger partial charge in [-0.3, -0.25) is 9.59 Å². The number of rotatable bonds is 4. The maximum absolute atomic E-state index is 13.1. The number of piperidine rings is 2. The van der Waals surface area contributed by atoms with E-state index in [2.05, 4.69) is 15.6 Å². The maximum Gasteiger partial charge on any atom is 0.276 e. The molecule has 2 aliphatic heterocycles. The molecule has 1 amide bonds. The predicted octanol–water partition coefficient (Wildman–Crippen LogP) is 2.81. The number of halogens is 2. The minimum Gasteiger partial charge on any atom is -0.336 e. The minimum atomic E-state index is -0.366. The number of Topliss-reactive ketones (excluding diaryl/α,β-unsaturated/α-hetero) is 1. The number of amides is 1. The van der Waals surface area contributed by atoms with E-state index in [9.17, 15) is 14.0 Å². The molecule has 0 spiro atoms. The van der Waals surface area contributed by atoms with Gasteiger partial charge in [-0.1, -0.05) is 5.21 Å². The van der Waals surface area contributed by atoms with E-state index in [1.54, 1.807) is 4.90 Å². The van der Waals surface area contributed by atoms with E-state index >= 15 is 0 Å². The van der Waals surface area contributed by atoms with Gasteiger partial charge in [0.1, 0.15) is 5.82 Å². The first-order chi connectivity index (χ1) is 14.0. The lowest BCUT2D eigenvalue weighted by molar-refractivity contribution is 0.0631. The van der Waals surface area contributed by atoms with Gasteiger partial charge < -0.3 is 10.2 Å². The van der Waals surface area contributed by atoms with Gasteiger partial charge in [0, 0.05) is 24.6 Å². The van der Waals surface area contributed by atoms with E-state index in [0.29, 0.717) is 24.3 Å². The van der Waals surface area contributed by atoms with Crippen LogP contribution in [0.4, 0.5) is 4.39 Å². The highest BCUT2D eigenvalue weighted by Crippen LogP contribution is 2.25. The molecule has 2 fully saturated rings. The van der Waals surface area contributed by atoms with Crippen molar-refractivity contribution >= 4 is 24.1 Å². The Morgan fingerprint density at radius 1 is 1.13 bits per heavy atom. The molecule has 7 nitrogen and oxygen atoms in total. The fraction of sp³-hybridized carbons (Fsp3) is 0.524. The zero-order chi connectivity index (χ0) is 20.4. The zero-order valence-electron chi connectivity index (χ0n) is 17.0. The van der Waals surface area contributed by atoms with Crippen LogP contribution in [0.5, 0.6) is 0 Å². The van der Waals surface area contributed by atoms with Gasteiger partial charge in [-0.2, -0.15) is 0 Å². The highest BCUT2D eigenvalue weighted by Gasteiger charge is 2.32. The molecular weight excluding hydrogens is 409 g/mol. The minimum absolute atomic E-state index is 0. The molecule has 0 aliphatic carbocycles. The summed E-state index contributed by atoms with van der Waals surface area (Å²) in [4.78, 5) is 27.6. The summed E-state index contributed by atoms with van der Waals surface area (Å²) in [6.07, 6.45) is 3.41. The smallest absolute Gasteiger partial charge is 0.276 e. The summed E-state index contributed by atoms with van der Waals surface area (Å²) in [5, 5.41) is 11.8. The number of benzene rings is 1. The summed E-state index contributed by atoms with van der Waals surface area (Å²) < 4.78 is 15.0. The van der Waals surface area contributed by atoms with Gasteiger partial charge in [0.15, 0.2) is 11.5 Å². The van der Waals surface area contributed by atoms with Crippen molar-refractivity contribution in [2.24, 2.45) is 5.92 Å². The Labute approximate surface area is 181 Å². The van der Waals surface area contributed by atoms with Crippen LogP contribution in [0.2, 0.25) is 0 Å². The third kappa shape index (κ3) is 4.54. The lowest BCUT2D eigenvalue weighted by Gasteiger charge is -2.31. The van der Waals surface area contributed by atoms with Gasteiger partial charge in [0.25, 0.3) is 5.91 Å². The Morgan fingerprint density at radius 3 is 2.53 bits per heavy atom. The van der Waals surface area contributed by atoms with Crippen molar-refractivity contribution in [1.29, 1.82) is 0 Å². The number of ketones is 1. The zero-order valence-corrected chi connectivity index (χ0v) is 17.8. The molecule has 2 aromatic rings. The lowest BCUT2D eigenvalue weighted by atomic mass is 9.90. The fourth-order valence-electron chi connectivity index (χ4n) is 4.31. The maximum atomic E-state index is 13.1. The molecular formula is C21H27ClFN5O2. The molecule has 2 aliphatic rings. The van der Waals surface area contributed by atoms with Crippen molar-refractivity contribution in [3.05, 3.63) is 47.0 Å². The number of likely N-dealkylation sites (tertiary alicyclic amines) is 1. The summed E-state index contributed by atoms with van der Waals surface area (Å²) in [7, 11) is 0. The van der Waals surface area contributed by atoms with Crippen LogP contribution < -0.4 is 5.32 Å². The van der Waals surface area contributed by atoms with E-state index < -0.39 is 0 Å². The third-order valence-electron chi connectivity index (χ3n) is 5.99. The summed E-state index contributed by atoms with van der Waals surface area (Å²) >= 11 is 0. The molecule has 9 heteroatoms. The monoisotopic (exact) mass is 435 g/mol. The van der Waals surface area contributed by atoms with Crippen LogP contribution in [0.25, 0.3) is 0 Å². The summed E-state index contributed by atoms with van der Waals surface area (Å²) in [6.45, 7) is 4.72. The van der Waals surface area contributed by atoms with Gasteiger partial charge in [-0.15, -0.1) is 17.5 Å². The predicted molar refractivity (Wildman–Crippen MR) is 113 cm³/mol. The molecule has 0 saturated carbocycles. The highest BCUT2D eigenvalue weighted by molar-refractivity contribution is 5.99. The molecule has 4 rings (SSSR count). The molecule has 2 saturated heterocycles. The number of hydrogen-bond donors (Lipinski definition) is 1. The number of nitrogens with one attached hydrogen (secondary N) is 1. The second-order valence-electron chi connectivity index (χ2n) is 7.91. The van der Waals surface area contributed by atoms with Crippen molar-refractivity contribution in [3.63, 3.8) is 0 Å². The summed E-state index contributed by atoms with van der Waals surface area (Å²) in [5.74, 6) is -0.857. The summed E-state index contributed by atoms with van der Waals surface area (Å²) in [5.41, 5.74) is 1.64. The molecule has 1 unspecified atom stereocenters. The Morgan fingerprint density at radius 2 is 1.83 bits per heavy atom. The van der Waals surface area contributed by atoms with Crippen LogP contribution >= 0.6 is 12.4 Å². The standard InChI is InChI=1S/C21H26FN5O2.ClH/c1-14-19(24-25-27(14)18-8-10-23-11-9-18)21(29)26-12-2-3-16(13-26)20(28)15-4-6-17(22)7-5-15;/h4-7,16,18,23H,2-3,8-13H2,1H3;1H. The van der Waals surface area contributed by atoms with Crippen LogP contribution in [0.3, 0.4) is 0 Å². The van der Waals surface area contributed by atoms with E-state index in [1.165, 1.54) is 24.3 Å². The molecule has 0 bridgehead atoms. The van der Waals surface area contributed by atoms with Gasteiger partial charge in [0.05, 0.1) is 11.7 Å². The molecule has 1 aromatic heterocycles. The number of carbonyl (C=O) groups is 2. The van der Waals surface area contributed by atoms with Crippen molar-refractivity contribution in [3.8, 4) is 0 Å². The normalized spacial score (nSPS) is 19.9. The van der Waals surface area contributed by atoms with E-state index in [0.717, 1.165) is 44.5 Å². The fourth-order valence-corrected chi connectivity index (χ4v) is 4.31. The SMILES string of the molecule is Cc1c(C(=O)N2CCCC(C(=O)c3ccc(F)cc3)C2)nnn1C1CCNCC1.Cl. The first-order valence-corrected chi connectivity index (χ1v) is 10.3. The van der Waals surface area contributed by atoms with E-state index in [-0.39, 0.29) is 41.9 Å². The second kappa shape index (κ2) is 9.66. The van der Waals surface area contributed by atoms with Crippen LogP contribution in [0.1, 0.15) is 58.3 Å². The van der Waals surface area contributed by atoms with Crippen molar-refractivity contribution < 1.29 is 14.0 Å². The van der Waals surface area contributed by atoms with E-state index in [4.69, 9.17) is 0 Å². The Bertz CT molecular complexity index is 895. The van der Waals surface area contributed by atoms with Crippen LogP contribution in [-0.2, 0) is 0 Å². The highest BCUT2D eigenvalue weighted by atomic mass is 35.5. The van der Waals surface area contributed by atoms with Crippen molar-refractivity contribution in [2.45, 2.75) is 38.6 Å². The Kier molecular flexibility index (Phi) is 7.20. The topological polar surface area (TPSA) is 80.1 Å². The van der Waals surface area contributed by atoms with Gasteiger partial charge in [-0.05, 0) is 70.0 Å². The first kappa shape index (κ1) is 22.4. The third-order valence-corrected chi connectivity index (χ3v) is 5.99. The lowest BCUT2D eigenvalue weighted by Crippen LogP contribution is -2.42. The molecule has 1 aromatic carbocycles. The molecule has 1 N–H and O–H groups in total. The first-order valence-electron chi connectivity index (χ1n) is 10.3. The van der Waals surface area contributed by atoms with Crippen molar-refractivity contribution in [2.75, 3.05) is 26.2 Å². The number of hydrogen-bond acceptors (Lipinski definition) is 5.